The molecule has 1 aromatic carbocycles. The lowest BCUT2D eigenvalue weighted by molar-refractivity contribution is -0.120. The molecule has 0 aliphatic rings. The predicted molar refractivity (Wildman–Crippen MR) is 81.8 cm³/mol. The van der Waals surface area contributed by atoms with Crippen LogP contribution >= 0.6 is 0 Å². The summed E-state index contributed by atoms with van der Waals surface area (Å²) in [6, 6.07) is 7.10. The second-order valence-corrected chi connectivity index (χ2v) is 4.88. The van der Waals surface area contributed by atoms with Crippen LogP contribution in [0.1, 0.15) is 26.2 Å². The molecule has 1 aromatic rings. The first-order chi connectivity index (χ1) is 10.0. The van der Waals surface area contributed by atoms with Crippen molar-refractivity contribution in [1.29, 1.82) is 0 Å². The summed E-state index contributed by atoms with van der Waals surface area (Å²) in [5.74, 6) is -0.0910. The van der Waals surface area contributed by atoms with Crippen LogP contribution < -0.4 is 21.5 Å². The maximum Gasteiger partial charge on any atom is 0.227 e. The topological polar surface area (TPSA) is 107 Å². The summed E-state index contributed by atoms with van der Waals surface area (Å²) in [5, 5.41) is 2.84. The average Bonchev–Trinajstić information content (AvgIpc) is 2.46. The van der Waals surface area contributed by atoms with E-state index in [9.17, 15) is 9.59 Å². The SMILES string of the molecule is CC(CCCN)C(=O)Nc1ccccc1OCCC(N)=O. The molecular weight excluding hydrogens is 270 g/mol. The third-order valence-corrected chi connectivity index (χ3v) is 3.04. The largest absolute Gasteiger partial charge is 0.491 e. The molecule has 0 aliphatic carbocycles. The predicted octanol–water partition coefficient (Wildman–Crippen LogP) is 1.25. The van der Waals surface area contributed by atoms with Crippen molar-refractivity contribution in [1.82, 2.24) is 0 Å². The Balaban J connectivity index is 2.61. The molecule has 0 bridgehead atoms. The number of primary amides is 1. The van der Waals surface area contributed by atoms with Crippen LogP contribution in [0.5, 0.6) is 5.75 Å². The van der Waals surface area contributed by atoms with E-state index in [1.54, 1.807) is 24.3 Å². The summed E-state index contributed by atoms with van der Waals surface area (Å²) in [5.41, 5.74) is 11.1. The zero-order valence-corrected chi connectivity index (χ0v) is 12.3. The van der Waals surface area contributed by atoms with Crippen molar-refractivity contribution in [2.75, 3.05) is 18.5 Å². The Morgan fingerprint density at radius 3 is 2.71 bits per heavy atom. The van der Waals surface area contributed by atoms with Crippen LogP contribution in [0.15, 0.2) is 24.3 Å². The maximum absolute atomic E-state index is 12.1. The molecule has 0 saturated carbocycles. The second kappa shape index (κ2) is 8.97. The number of rotatable bonds is 9. The smallest absolute Gasteiger partial charge is 0.227 e. The van der Waals surface area contributed by atoms with Crippen molar-refractivity contribution in [3.63, 3.8) is 0 Å². The zero-order chi connectivity index (χ0) is 15.7. The number of carbonyl (C=O) groups excluding carboxylic acids is 2. The van der Waals surface area contributed by atoms with E-state index in [4.69, 9.17) is 16.2 Å². The van der Waals surface area contributed by atoms with Crippen molar-refractivity contribution >= 4 is 17.5 Å². The van der Waals surface area contributed by atoms with Gasteiger partial charge in [-0.25, -0.2) is 0 Å². The standard InChI is InChI=1S/C15H23N3O3/c1-11(5-4-9-16)15(20)18-12-6-2-3-7-13(12)21-10-8-14(17)19/h2-3,6-7,11H,4-5,8-10,16H2,1H3,(H2,17,19)(H,18,20). The van der Waals surface area contributed by atoms with E-state index in [2.05, 4.69) is 5.32 Å². The summed E-state index contributed by atoms with van der Waals surface area (Å²) in [7, 11) is 0. The number of ether oxygens (including phenoxy) is 1. The lowest BCUT2D eigenvalue weighted by Gasteiger charge is -2.15. The number of benzene rings is 1. The van der Waals surface area contributed by atoms with Gasteiger partial charge in [-0.3, -0.25) is 9.59 Å². The number of nitrogens with one attached hydrogen (secondary N) is 1. The number of hydrogen-bond donors (Lipinski definition) is 3. The minimum atomic E-state index is -0.424. The molecule has 1 rings (SSSR count). The molecule has 5 N–H and O–H groups in total. The average molecular weight is 293 g/mol. The van der Waals surface area contributed by atoms with Gasteiger partial charge in [-0.05, 0) is 31.5 Å². The Hall–Kier alpha value is -2.08. The van der Waals surface area contributed by atoms with Gasteiger partial charge in [0.1, 0.15) is 5.75 Å². The molecule has 0 radical (unpaired) electrons. The lowest BCUT2D eigenvalue weighted by Crippen LogP contribution is -2.22. The minimum absolute atomic E-state index is 0.0746. The van der Waals surface area contributed by atoms with E-state index in [-0.39, 0.29) is 24.9 Å². The summed E-state index contributed by atoms with van der Waals surface area (Å²) in [6.45, 7) is 2.62. The Kier molecular flexibility index (Phi) is 7.25. The zero-order valence-electron chi connectivity index (χ0n) is 12.3. The van der Waals surface area contributed by atoms with Crippen LogP contribution in [-0.2, 0) is 9.59 Å². The number of nitrogens with two attached hydrogens (primary N) is 2. The number of carbonyl (C=O) groups is 2. The fourth-order valence-electron chi connectivity index (χ4n) is 1.77. The molecular formula is C15H23N3O3. The molecule has 2 amide bonds. The molecule has 116 valence electrons. The Labute approximate surface area is 124 Å². The van der Waals surface area contributed by atoms with Crippen LogP contribution in [0.3, 0.4) is 0 Å². The van der Waals surface area contributed by atoms with Crippen LogP contribution in [0.4, 0.5) is 5.69 Å². The molecule has 6 nitrogen and oxygen atoms in total. The summed E-state index contributed by atoms with van der Waals surface area (Å²) < 4.78 is 5.47. The van der Waals surface area contributed by atoms with E-state index in [0.29, 0.717) is 18.0 Å². The second-order valence-electron chi connectivity index (χ2n) is 4.88. The monoisotopic (exact) mass is 293 g/mol. The van der Waals surface area contributed by atoms with Crippen molar-refractivity contribution < 1.29 is 14.3 Å². The van der Waals surface area contributed by atoms with Gasteiger partial charge in [0.2, 0.25) is 11.8 Å². The first-order valence-corrected chi connectivity index (χ1v) is 7.05. The highest BCUT2D eigenvalue weighted by Crippen LogP contribution is 2.24. The van der Waals surface area contributed by atoms with E-state index in [1.807, 2.05) is 6.92 Å². The van der Waals surface area contributed by atoms with Gasteiger partial charge in [0.05, 0.1) is 18.7 Å². The van der Waals surface area contributed by atoms with Gasteiger partial charge >= 0.3 is 0 Å². The molecule has 1 atom stereocenters. The first kappa shape index (κ1) is 17.0. The van der Waals surface area contributed by atoms with E-state index in [1.165, 1.54) is 0 Å². The minimum Gasteiger partial charge on any atom is -0.491 e. The first-order valence-electron chi connectivity index (χ1n) is 7.05. The third kappa shape index (κ3) is 6.27. The Morgan fingerprint density at radius 2 is 2.05 bits per heavy atom. The Morgan fingerprint density at radius 1 is 1.33 bits per heavy atom. The third-order valence-electron chi connectivity index (χ3n) is 3.04. The van der Waals surface area contributed by atoms with Crippen molar-refractivity contribution in [2.24, 2.45) is 17.4 Å². The molecule has 6 heteroatoms. The molecule has 0 aromatic heterocycles. The maximum atomic E-state index is 12.1. The van der Waals surface area contributed by atoms with Gasteiger partial charge in [-0.2, -0.15) is 0 Å². The van der Waals surface area contributed by atoms with E-state index < -0.39 is 5.91 Å². The van der Waals surface area contributed by atoms with Crippen LogP contribution in [0, 0.1) is 5.92 Å². The van der Waals surface area contributed by atoms with Gasteiger partial charge in [-0.1, -0.05) is 19.1 Å². The molecule has 21 heavy (non-hydrogen) atoms. The fourth-order valence-corrected chi connectivity index (χ4v) is 1.77. The number of hydrogen-bond acceptors (Lipinski definition) is 4. The summed E-state index contributed by atoms with van der Waals surface area (Å²) >= 11 is 0. The highest BCUT2D eigenvalue weighted by Gasteiger charge is 2.14. The van der Waals surface area contributed by atoms with Crippen molar-refractivity contribution in [2.45, 2.75) is 26.2 Å². The van der Waals surface area contributed by atoms with E-state index in [0.717, 1.165) is 12.8 Å². The van der Waals surface area contributed by atoms with Crippen molar-refractivity contribution in [3.8, 4) is 5.75 Å². The molecule has 0 aliphatic heterocycles. The highest BCUT2D eigenvalue weighted by molar-refractivity contribution is 5.93. The quantitative estimate of drug-likeness (QED) is 0.637. The fraction of sp³-hybridized carbons (Fsp3) is 0.467. The van der Waals surface area contributed by atoms with Crippen LogP contribution in [0.2, 0.25) is 0 Å². The van der Waals surface area contributed by atoms with E-state index >= 15 is 0 Å². The molecule has 0 fully saturated rings. The number of para-hydroxylation sites is 2. The lowest BCUT2D eigenvalue weighted by atomic mass is 10.0. The molecule has 0 saturated heterocycles. The van der Waals surface area contributed by atoms with Gasteiger partial charge in [0, 0.05) is 5.92 Å². The van der Waals surface area contributed by atoms with Crippen LogP contribution in [0.25, 0.3) is 0 Å². The number of amides is 2. The highest BCUT2D eigenvalue weighted by atomic mass is 16.5. The number of anilines is 1. The molecule has 0 spiro atoms. The van der Waals surface area contributed by atoms with Crippen LogP contribution in [-0.4, -0.2) is 25.0 Å². The summed E-state index contributed by atoms with van der Waals surface area (Å²) in [4.78, 5) is 22.8. The molecule has 1 unspecified atom stereocenters. The normalized spacial score (nSPS) is 11.7. The molecule has 0 heterocycles. The van der Waals surface area contributed by atoms with Gasteiger partial charge in [0.15, 0.2) is 0 Å². The van der Waals surface area contributed by atoms with Gasteiger partial charge in [-0.15, -0.1) is 0 Å². The summed E-state index contributed by atoms with van der Waals surface area (Å²) in [6.07, 6.45) is 1.69. The Bertz CT molecular complexity index is 477. The van der Waals surface area contributed by atoms with Crippen molar-refractivity contribution in [3.05, 3.63) is 24.3 Å². The van der Waals surface area contributed by atoms with Gasteiger partial charge < -0.3 is 21.5 Å². The van der Waals surface area contributed by atoms with Gasteiger partial charge in [0.25, 0.3) is 0 Å².